The molecule has 1 N–H and O–H groups in total. The maximum absolute atomic E-state index is 9.32. The van der Waals surface area contributed by atoms with Crippen molar-refractivity contribution in [1.29, 1.82) is 0 Å². The van der Waals surface area contributed by atoms with Gasteiger partial charge >= 0.3 is 0 Å². The van der Waals surface area contributed by atoms with Crippen LogP contribution in [-0.2, 0) is 0 Å². The third kappa shape index (κ3) is 2.07. The molecule has 0 bridgehead atoms. The van der Waals surface area contributed by atoms with Gasteiger partial charge < -0.3 is 10.0 Å². The number of thiazole rings is 1. The van der Waals surface area contributed by atoms with Crippen LogP contribution < -0.4 is 4.90 Å². The van der Waals surface area contributed by atoms with Crippen molar-refractivity contribution in [2.75, 3.05) is 18.1 Å². The molecule has 1 fully saturated rings. The van der Waals surface area contributed by atoms with Gasteiger partial charge in [-0.25, -0.2) is 4.98 Å². The monoisotopic (exact) mass is 212 g/mol. The van der Waals surface area contributed by atoms with E-state index in [1.807, 2.05) is 11.6 Å². The second kappa shape index (κ2) is 4.75. The molecule has 0 spiro atoms. The zero-order valence-corrected chi connectivity index (χ0v) is 9.04. The molecule has 4 heteroatoms. The topological polar surface area (TPSA) is 36.4 Å². The summed E-state index contributed by atoms with van der Waals surface area (Å²) in [6.45, 7) is 1.29. The summed E-state index contributed by atoms with van der Waals surface area (Å²) in [5.41, 5.74) is 0. The molecule has 1 atom stereocenters. The molecular formula is C10H16N2OS. The molecule has 2 rings (SSSR count). The van der Waals surface area contributed by atoms with E-state index in [1.54, 1.807) is 11.3 Å². The predicted octanol–water partition coefficient (Wildman–Crippen LogP) is 1.88. The Labute approximate surface area is 88.4 Å². The van der Waals surface area contributed by atoms with Gasteiger partial charge in [-0.1, -0.05) is 12.8 Å². The first-order valence-corrected chi connectivity index (χ1v) is 6.07. The highest BCUT2D eigenvalue weighted by Crippen LogP contribution is 2.25. The Kier molecular flexibility index (Phi) is 3.37. The zero-order chi connectivity index (χ0) is 9.80. The van der Waals surface area contributed by atoms with Gasteiger partial charge in [-0.3, -0.25) is 0 Å². The molecule has 1 saturated heterocycles. The van der Waals surface area contributed by atoms with Crippen LogP contribution in [0.4, 0.5) is 5.13 Å². The lowest BCUT2D eigenvalue weighted by atomic mass is 10.1. The van der Waals surface area contributed by atoms with E-state index in [9.17, 15) is 5.11 Å². The van der Waals surface area contributed by atoms with Crippen molar-refractivity contribution < 1.29 is 5.11 Å². The molecular weight excluding hydrogens is 196 g/mol. The van der Waals surface area contributed by atoms with Crippen molar-refractivity contribution in [2.45, 2.75) is 31.7 Å². The fourth-order valence-electron chi connectivity index (χ4n) is 1.98. The molecule has 0 aromatic carbocycles. The first-order valence-electron chi connectivity index (χ1n) is 5.19. The van der Waals surface area contributed by atoms with Crippen LogP contribution in [0.15, 0.2) is 11.6 Å². The summed E-state index contributed by atoms with van der Waals surface area (Å²) in [6.07, 6.45) is 6.65. The minimum absolute atomic E-state index is 0.250. The number of nitrogens with zero attached hydrogens (tertiary/aromatic N) is 2. The molecule has 1 aromatic rings. The largest absolute Gasteiger partial charge is 0.394 e. The Balaban J connectivity index is 2.12. The minimum atomic E-state index is 0.250. The van der Waals surface area contributed by atoms with Crippen molar-refractivity contribution in [1.82, 2.24) is 4.98 Å². The average molecular weight is 212 g/mol. The number of hydrogen-bond donors (Lipinski definition) is 1. The maximum Gasteiger partial charge on any atom is 0.185 e. The molecule has 0 amide bonds. The van der Waals surface area contributed by atoms with Gasteiger partial charge in [0.2, 0.25) is 0 Å². The van der Waals surface area contributed by atoms with Gasteiger partial charge in [-0.15, -0.1) is 11.3 Å². The van der Waals surface area contributed by atoms with Crippen LogP contribution in [0.25, 0.3) is 0 Å². The van der Waals surface area contributed by atoms with Gasteiger partial charge in [0.1, 0.15) is 0 Å². The van der Waals surface area contributed by atoms with E-state index < -0.39 is 0 Å². The molecule has 0 radical (unpaired) electrons. The molecule has 0 saturated carbocycles. The van der Waals surface area contributed by atoms with E-state index in [1.165, 1.54) is 19.3 Å². The highest BCUT2D eigenvalue weighted by Gasteiger charge is 2.21. The first-order chi connectivity index (χ1) is 6.92. The Morgan fingerprint density at radius 2 is 2.43 bits per heavy atom. The highest BCUT2D eigenvalue weighted by atomic mass is 32.1. The molecule has 1 unspecified atom stereocenters. The third-order valence-electron chi connectivity index (χ3n) is 2.75. The van der Waals surface area contributed by atoms with Gasteiger partial charge in [0.05, 0.1) is 12.6 Å². The second-order valence-electron chi connectivity index (χ2n) is 3.69. The van der Waals surface area contributed by atoms with E-state index in [-0.39, 0.29) is 12.6 Å². The standard InChI is InChI=1S/C10H16N2OS/c13-8-9-4-2-1-3-6-12(9)10-11-5-7-14-10/h5,7,9,13H,1-4,6,8H2. The van der Waals surface area contributed by atoms with E-state index in [4.69, 9.17) is 0 Å². The lowest BCUT2D eigenvalue weighted by molar-refractivity contribution is 0.255. The van der Waals surface area contributed by atoms with E-state index >= 15 is 0 Å². The van der Waals surface area contributed by atoms with Gasteiger partial charge in [0.25, 0.3) is 0 Å². The number of aliphatic hydroxyl groups is 1. The van der Waals surface area contributed by atoms with E-state index in [0.29, 0.717) is 0 Å². The number of hydrogen-bond acceptors (Lipinski definition) is 4. The number of aromatic nitrogens is 1. The van der Waals surface area contributed by atoms with Crippen LogP contribution in [0.3, 0.4) is 0 Å². The summed E-state index contributed by atoms with van der Waals surface area (Å²) in [5.74, 6) is 0. The Morgan fingerprint density at radius 1 is 1.50 bits per heavy atom. The van der Waals surface area contributed by atoms with Gasteiger partial charge in [0.15, 0.2) is 5.13 Å². The lowest BCUT2D eigenvalue weighted by Gasteiger charge is -2.27. The third-order valence-corrected chi connectivity index (χ3v) is 3.56. The summed E-state index contributed by atoms with van der Waals surface area (Å²) < 4.78 is 0. The molecule has 1 aromatic heterocycles. The van der Waals surface area contributed by atoms with Crippen LogP contribution in [0.5, 0.6) is 0 Å². The van der Waals surface area contributed by atoms with Crippen molar-refractivity contribution >= 4 is 16.5 Å². The van der Waals surface area contributed by atoms with Crippen LogP contribution in [0, 0.1) is 0 Å². The summed E-state index contributed by atoms with van der Waals surface area (Å²) in [6, 6.07) is 0.281. The van der Waals surface area contributed by atoms with Gasteiger partial charge in [-0.2, -0.15) is 0 Å². The number of aliphatic hydroxyl groups excluding tert-OH is 1. The van der Waals surface area contributed by atoms with Crippen molar-refractivity contribution in [3.05, 3.63) is 11.6 Å². The SMILES string of the molecule is OCC1CCCCCN1c1nccs1. The molecule has 14 heavy (non-hydrogen) atoms. The summed E-state index contributed by atoms with van der Waals surface area (Å²) in [4.78, 5) is 6.57. The van der Waals surface area contributed by atoms with Gasteiger partial charge in [0, 0.05) is 18.1 Å². The number of anilines is 1. The molecule has 3 nitrogen and oxygen atoms in total. The van der Waals surface area contributed by atoms with Crippen molar-refractivity contribution in [3.63, 3.8) is 0 Å². The van der Waals surface area contributed by atoms with Crippen LogP contribution in [0.1, 0.15) is 25.7 Å². The molecule has 78 valence electrons. The second-order valence-corrected chi connectivity index (χ2v) is 4.57. The Bertz CT molecular complexity index is 263. The van der Waals surface area contributed by atoms with Crippen LogP contribution >= 0.6 is 11.3 Å². The zero-order valence-electron chi connectivity index (χ0n) is 8.22. The van der Waals surface area contributed by atoms with Crippen molar-refractivity contribution in [3.8, 4) is 0 Å². The number of rotatable bonds is 2. The summed E-state index contributed by atoms with van der Waals surface area (Å²) >= 11 is 1.66. The summed E-state index contributed by atoms with van der Waals surface area (Å²) in [5, 5.41) is 12.4. The average Bonchev–Trinajstić information content (AvgIpc) is 2.63. The minimum Gasteiger partial charge on any atom is -0.394 e. The normalized spacial score (nSPS) is 23.5. The fourth-order valence-corrected chi connectivity index (χ4v) is 2.72. The quantitative estimate of drug-likeness (QED) is 0.813. The molecule has 0 aliphatic carbocycles. The Hall–Kier alpha value is -0.610. The maximum atomic E-state index is 9.32. The summed E-state index contributed by atoms with van der Waals surface area (Å²) in [7, 11) is 0. The molecule has 2 heterocycles. The fraction of sp³-hybridized carbons (Fsp3) is 0.700. The molecule has 1 aliphatic heterocycles. The van der Waals surface area contributed by atoms with Crippen LogP contribution in [0.2, 0.25) is 0 Å². The lowest BCUT2D eigenvalue weighted by Crippen LogP contribution is -2.37. The van der Waals surface area contributed by atoms with Crippen molar-refractivity contribution in [2.24, 2.45) is 0 Å². The van der Waals surface area contributed by atoms with E-state index in [0.717, 1.165) is 18.1 Å². The predicted molar refractivity (Wildman–Crippen MR) is 58.8 cm³/mol. The Morgan fingerprint density at radius 3 is 3.14 bits per heavy atom. The van der Waals surface area contributed by atoms with E-state index in [2.05, 4.69) is 9.88 Å². The molecule has 1 aliphatic rings. The first kappa shape index (κ1) is 9.93. The van der Waals surface area contributed by atoms with Gasteiger partial charge in [-0.05, 0) is 12.8 Å². The van der Waals surface area contributed by atoms with Crippen LogP contribution in [-0.4, -0.2) is 29.3 Å². The highest BCUT2D eigenvalue weighted by molar-refractivity contribution is 7.13. The smallest absolute Gasteiger partial charge is 0.185 e.